The summed E-state index contributed by atoms with van der Waals surface area (Å²) in [5.74, 6) is 0. The Hall–Kier alpha value is -0.600. The molecule has 1 rings (SSSR count). The van der Waals surface area contributed by atoms with E-state index in [1.807, 2.05) is 12.1 Å². The van der Waals surface area contributed by atoms with Crippen LogP contribution in [0.2, 0.25) is 0 Å². The first-order chi connectivity index (χ1) is 5.34. The molecule has 1 aromatic rings. The normalized spacial score (nSPS) is 12.8. The lowest BCUT2D eigenvalue weighted by molar-refractivity contribution is 0.673. The van der Waals surface area contributed by atoms with E-state index in [2.05, 4.69) is 18.0 Å². The standard InChI is InChI=1S/C9H13NS/c1-2-3-5-8(10)9-6-4-7-11-9/h2,4,6-8H,1,3,5,10H2/t8-/m0/s1. The largest absolute Gasteiger partial charge is 0.323 e. The SMILES string of the molecule is C=CCC[C@H](N)c1cccs1. The van der Waals surface area contributed by atoms with E-state index in [1.165, 1.54) is 4.88 Å². The topological polar surface area (TPSA) is 26.0 Å². The van der Waals surface area contributed by atoms with Crippen molar-refractivity contribution in [3.63, 3.8) is 0 Å². The highest BCUT2D eigenvalue weighted by Crippen LogP contribution is 2.20. The molecule has 0 fully saturated rings. The zero-order valence-corrected chi connectivity index (χ0v) is 7.31. The molecule has 60 valence electrons. The molecule has 0 saturated heterocycles. The second kappa shape index (κ2) is 4.31. The van der Waals surface area contributed by atoms with Gasteiger partial charge in [-0.15, -0.1) is 17.9 Å². The third-order valence-electron chi connectivity index (χ3n) is 1.59. The molecule has 0 unspecified atom stereocenters. The summed E-state index contributed by atoms with van der Waals surface area (Å²) in [6, 6.07) is 4.32. The fourth-order valence-electron chi connectivity index (χ4n) is 0.942. The second-order valence-corrected chi connectivity index (χ2v) is 3.47. The van der Waals surface area contributed by atoms with Crippen LogP contribution >= 0.6 is 11.3 Å². The van der Waals surface area contributed by atoms with Crippen molar-refractivity contribution in [2.75, 3.05) is 0 Å². The molecule has 11 heavy (non-hydrogen) atoms. The molecular formula is C9H13NS. The molecule has 1 aromatic heterocycles. The third kappa shape index (κ3) is 2.48. The maximum atomic E-state index is 5.89. The van der Waals surface area contributed by atoms with E-state index in [-0.39, 0.29) is 6.04 Å². The lowest BCUT2D eigenvalue weighted by atomic mass is 10.1. The molecular weight excluding hydrogens is 154 g/mol. The average Bonchev–Trinajstić information content (AvgIpc) is 2.52. The molecule has 1 nitrogen and oxygen atoms in total. The van der Waals surface area contributed by atoms with Gasteiger partial charge in [-0.25, -0.2) is 0 Å². The molecule has 0 radical (unpaired) electrons. The second-order valence-electron chi connectivity index (χ2n) is 2.49. The molecule has 2 N–H and O–H groups in total. The summed E-state index contributed by atoms with van der Waals surface area (Å²) in [6.45, 7) is 3.66. The smallest absolute Gasteiger partial charge is 0.0392 e. The Bertz CT molecular complexity index is 203. The third-order valence-corrected chi connectivity index (χ3v) is 2.59. The van der Waals surface area contributed by atoms with Gasteiger partial charge >= 0.3 is 0 Å². The monoisotopic (exact) mass is 167 g/mol. The fraction of sp³-hybridized carbons (Fsp3) is 0.333. The maximum absolute atomic E-state index is 5.89. The minimum atomic E-state index is 0.202. The summed E-state index contributed by atoms with van der Waals surface area (Å²) in [4.78, 5) is 1.27. The Kier molecular flexibility index (Phi) is 3.33. The van der Waals surface area contributed by atoms with Crippen LogP contribution in [-0.2, 0) is 0 Å². The van der Waals surface area contributed by atoms with Crippen molar-refractivity contribution in [3.8, 4) is 0 Å². The van der Waals surface area contributed by atoms with Gasteiger partial charge in [0.2, 0.25) is 0 Å². The zero-order chi connectivity index (χ0) is 8.10. The minimum absolute atomic E-state index is 0.202. The Balaban J connectivity index is 2.42. The number of rotatable bonds is 4. The quantitative estimate of drug-likeness (QED) is 0.685. The van der Waals surface area contributed by atoms with Crippen LogP contribution in [0, 0.1) is 0 Å². The molecule has 0 bridgehead atoms. The van der Waals surface area contributed by atoms with Crippen LogP contribution in [-0.4, -0.2) is 0 Å². The van der Waals surface area contributed by atoms with E-state index in [0.29, 0.717) is 0 Å². The van der Waals surface area contributed by atoms with E-state index in [1.54, 1.807) is 11.3 Å². The summed E-state index contributed by atoms with van der Waals surface area (Å²) >= 11 is 1.72. The molecule has 0 saturated carbocycles. The highest BCUT2D eigenvalue weighted by Gasteiger charge is 2.04. The van der Waals surface area contributed by atoms with Gasteiger partial charge < -0.3 is 5.73 Å². The zero-order valence-electron chi connectivity index (χ0n) is 6.49. The van der Waals surface area contributed by atoms with Gasteiger partial charge in [-0.05, 0) is 24.3 Å². The Morgan fingerprint density at radius 1 is 1.73 bits per heavy atom. The van der Waals surface area contributed by atoms with Crippen LogP contribution < -0.4 is 5.73 Å². The molecule has 1 atom stereocenters. The van der Waals surface area contributed by atoms with E-state index in [0.717, 1.165) is 12.8 Å². The molecule has 1 heterocycles. The first-order valence-electron chi connectivity index (χ1n) is 3.74. The number of nitrogens with two attached hydrogens (primary N) is 1. The van der Waals surface area contributed by atoms with Crippen LogP contribution in [0.15, 0.2) is 30.2 Å². The summed E-state index contributed by atoms with van der Waals surface area (Å²) < 4.78 is 0. The van der Waals surface area contributed by atoms with Gasteiger partial charge in [0, 0.05) is 10.9 Å². The van der Waals surface area contributed by atoms with E-state index >= 15 is 0 Å². The van der Waals surface area contributed by atoms with Crippen LogP contribution in [0.25, 0.3) is 0 Å². The highest BCUT2D eigenvalue weighted by molar-refractivity contribution is 7.10. The van der Waals surface area contributed by atoms with Gasteiger partial charge in [0.1, 0.15) is 0 Å². The summed E-state index contributed by atoms with van der Waals surface area (Å²) in [5.41, 5.74) is 5.89. The maximum Gasteiger partial charge on any atom is 0.0392 e. The van der Waals surface area contributed by atoms with Crippen LogP contribution in [0.1, 0.15) is 23.8 Å². The van der Waals surface area contributed by atoms with Crippen molar-refractivity contribution in [1.29, 1.82) is 0 Å². The van der Waals surface area contributed by atoms with Crippen molar-refractivity contribution >= 4 is 11.3 Å². The van der Waals surface area contributed by atoms with Crippen LogP contribution in [0.4, 0.5) is 0 Å². The van der Waals surface area contributed by atoms with E-state index < -0.39 is 0 Å². The number of thiophene rings is 1. The first kappa shape index (κ1) is 8.50. The van der Waals surface area contributed by atoms with Gasteiger partial charge in [0.25, 0.3) is 0 Å². The Morgan fingerprint density at radius 2 is 2.55 bits per heavy atom. The molecule has 0 aliphatic carbocycles. The van der Waals surface area contributed by atoms with Gasteiger partial charge in [0.05, 0.1) is 0 Å². The predicted molar refractivity (Wildman–Crippen MR) is 50.7 cm³/mol. The van der Waals surface area contributed by atoms with Crippen LogP contribution in [0.3, 0.4) is 0 Å². The van der Waals surface area contributed by atoms with Gasteiger partial charge in [-0.2, -0.15) is 0 Å². The van der Waals surface area contributed by atoms with Crippen molar-refractivity contribution in [3.05, 3.63) is 35.0 Å². The highest BCUT2D eigenvalue weighted by atomic mass is 32.1. The summed E-state index contributed by atoms with van der Waals surface area (Å²) in [7, 11) is 0. The molecule has 0 spiro atoms. The average molecular weight is 167 g/mol. The van der Waals surface area contributed by atoms with E-state index in [9.17, 15) is 0 Å². The Labute approximate surface area is 71.5 Å². The first-order valence-corrected chi connectivity index (χ1v) is 4.62. The lowest BCUT2D eigenvalue weighted by Gasteiger charge is -2.06. The lowest BCUT2D eigenvalue weighted by Crippen LogP contribution is -2.07. The molecule has 2 heteroatoms. The van der Waals surface area contributed by atoms with Crippen LogP contribution in [0.5, 0.6) is 0 Å². The predicted octanol–water partition coefficient (Wildman–Crippen LogP) is 2.71. The van der Waals surface area contributed by atoms with Gasteiger partial charge in [-0.1, -0.05) is 12.1 Å². The number of hydrogen-bond donors (Lipinski definition) is 1. The summed E-state index contributed by atoms with van der Waals surface area (Å²) in [5, 5.41) is 2.06. The fourth-order valence-corrected chi connectivity index (χ4v) is 1.71. The molecule has 0 aliphatic rings. The van der Waals surface area contributed by atoms with Crippen molar-refractivity contribution in [2.45, 2.75) is 18.9 Å². The van der Waals surface area contributed by atoms with Crippen molar-refractivity contribution in [2.24, 2.45) is 5.73 Å². The van der Waals surface area contributed by atoms with Gasteiger partial charge in [-0.3, -0.25) is 0 Å². The Morgan fingerprint density at radius 3 is 3.09 bits per heavy atom. The summed E-state index contributed by atoms with van der Waals surface area (Å²) in [6.07, 6.45) is 3.91. The number of hydrogen-bond acceptors (Lipinski definition) is 2. The molecule has 0 aliphatic heterocycles. The van der Waals surface area contributed by atoms with Crippen molar-refractivity contribution in [1.82, 2.24) is 0 Å². The molecule has 0 aromatic carbocycles. The van der Waals surface area contributed by atoms with Crippen molar-refractivity contribution < 1.29 is 0 Å². The van der Waals surface area contributed by atoms with Gasteiger partial charge in [0.15, 0.2) is 0 Å². The minimum Gasteiger partial charge on any atom is -0.323 e. The number of allylic oxidation sites excluding steroid dienone is 1. The molecule has 0 amide bonds. The van der Waals surface area contributed by atoms with E-state index in [4.69, 9.17) is 5.73 Å².